The van der Waals surface area contributed by atoms with Gasteiger partial charge in [-0.3, -0.25) is 0 Å². The van der Waals surface area contributed by atoms with Crippen molar-refractivity contribution >= 4 is 51.3 Å². The van der Waals surface area contributed by atoms with Crippen LogP contribution in [0.4, 0.5) is 5.69 Å². The zero-order valence-corrected chi connectivity index (χ0v) is 19.1. The van der Waals surface area contributed by atoms with Crippen LogP contribution in [-0.2, 0) is 15.1 Å². The van der Waals surface area contributed by atoms with Crippen molar-refractivity contribution in [1.29, 1.82) is 0 Å². The minimum atomic E-state index is -0.363. The Balaban J connectivity index is 1.58. The molecule has 1 saturated carbocycles. The van der Waals surface area contributed by atoms with E-state index in [0.29, 0.717) is 15.7 Å². The summed E-state index contributed by atoms with van der Waals surface area (Å²) in [6, 6.07) is 7.46. The first-order chi connectivity index (χ1) is 15.0. The van der Waals surface area contributed by atoms with Crippen molar-refractivity contribution in [1.82, 2.24) is 15.0 Å². The Labute approximate surface area is 193 Å². The van der Waals surface area contributed by atoms with Gasteiger partial charge in [0.25, 0.3) is 0 Å². The second-order valence-corrected chi connectivity index (χ2v) is 9.44. The van der Waals surface area contributed by atoms with Gasteiger partial charge in [0.2, 0.25) is 0 Å². The molecule has 0 amide bonds. The van der Waals surface area contributed by atoms with E-state index in [4.69, 9.17) is 43.4 Å². The molecule has 4 aromatic rings. The first kappa shape index (κ1) is 20.7. The zero-order valence-electron chi connectivity index (χ0n) is 16.7. The van der Waals surface area contributed by atoms with Crippen LogP contribution in [0.3, 0.4) is 0 Å². The maximum Gasteiger partial charge on any atom is 0.147 e. The summed E-state index contributed by atoms with van der Waals surface area (Å²) in [6.07, 6.45) is 6.51. The van der Waals surface area contributed by atoms with Gasteiger partial charge in [-0.2, -0.15) is 0 Å². The quantitative estimate of drug-likeness (QED) is 0.255. The number of aromatic nitrogens is 3. The van der Waals surface area contributed by atoms with E-state index < -0.39 is 0 Å². The first-order valence-electron chi connectivity index (χ1n) is 9.83. The van der Waals surface area contributed by atoms with Crippen molar-refractivity contribution in [3.63, 3.8) is 0 Å². The maximum atomic E-state index is 6.61. The van der Waals surface area contributed by atoms with Gasteiger partial charge in [-0.25, -0.2) is 9.97 Å². The van der Waals surface area contributed by atoms with Crippen molar-refractivity contribution in [2.75, 3.05) is 19.6 Å². The van der Waals surface area contributed by atoms with Crippen LogP contribution >= 0.6 is 34.5 Å². The lowest BCUT2D eigenvalue weighted by atomic mass is 9.80. The Hall–Kier alpha value is -2.16. The predicted octanol–water partition coefficient (Wildman–Crippen LogP) is 6.24. The molecule has 31 heavy (non-hydrogen) atoms. The van der Waals surface area contributed by atoms with Crippen molar-refractivity contribution in [2.24, 2.45) is 0 Å². The van der Waals surface area contributed by atoms with E-state index in [9.17, 15) is 0 Å². The third-order valence-electron chi connectivity index (χ3n) is 5.65. The Morgan fingerprint density at radius 2 is 2.00 bits per heavy atom. The molecule has 0 radical (unpaired) electrons. The molecule has 3 heterocycles. The number of benzene rings is 1. The summed E-state index contributed by atoms with van der Waals surface area (Å²) in [4.78, 5) is 13.5. The van der Waals surface area contributed by atoms with E-state index in [0.717, 1.165) is 57.0 Å². The summed E-state index contributed by atoms with van der Waals surface area (Å²) in [6.45, 7) is 0.249. The van der Waals surface area contributed by atoms with E-state index in [1.165, 1.54) is 0 Å². The smallest absolute Gasteiger partial charge is 0.147 e. The second kappa shape index (κ2) is 8.07. The fourth-order valence-corrected chi connectivity index (χ4v) is 5.68. The van der Waals surface area contributed by atoms with Crippen LogP contribution in [0.15, 0.2) is 36.7 Å². The molecule has 1 aliphatic carbocycles. The third kappa shape index (κ3) is 3.60. The van der Waals surface area contributed by atoms with Gasteiger partial charge in [0.05, 0.1) is 14.9 Å². The number of thiazole rings is 1. The summed E-state index contributed by atoms with van der Waals surface area (Å²) in [5.41, 5.74) is 9.41. The Bertz CT molecular complexity index is 1270. The van der Waals surface area contributed by atoms with E-state index in [-0.39, 0.29) is 12.4 Å². The van der Waals surface area contributed by atoms with Crippen molar-refractivity contribution in [3.05, 3.63) is 51.7 Å². The molecule has 1 fully saturated rings. The molecule has 0 spiro atoms. The van der Waals surface area contributed by atoms with Crippen LogP contribution in [0.25, 0.3) is 32.7 Å². The molecule has 1 aliphatic rings. The van der Waals surface area contributed by atoms with Gasteiger partial charge < -0.3 is 20.2 Å². The topological polar surface area (TPSA) is 86.0 Å². The fraction of sp³-hybridized carbons (Fsp3) is 0.273. The molecule has 5 rings (SSSR count). The number of nitrogens with two attached hydrogens (primary N) is 1. The van der Waals surface area contributed by atoms with Crippen LogP contribution in [0.1, 0.15) is 24.3 Å². The predicted molar refractivity (Wildman–Crippen MR) is 126 cm³/mol. The lowest BCUT2D eigenvalue weighted by molar-refractivity contribution is -0.171. The number of anilines is 1. The molecule has 0 atom stereocenters. The lowest BCUT2D eigenvalue weighted by Gasteiger charge is -2.39. The van der Waals surface area contributed by atoms with Gasteiger partial charge in [-0.15, -0.1) is 11.3 Å². The van der Waals surface area contributed by atoms with E-state index in [1.54, 1.807) is 30.7 Å². The molecular formula is C22H20Cl2N4O2S. The van der Waals surface area contributed by atoms with Crippen LogP contribution in [0, 0.1) is 0 Å². The highest BCUT2D eigenvalue weighted by molar-refractivity contribution is 7.15. The number of halogens is 2. The van der Waals surface area contributed by atoms with E-state index >= 15 is 0 Å². The number of rotatable bonds is 6. The normalized spacial score (nSPS) is 15.3. The Morgan fingerprint density at radius 3 is 2.71 bits per heavy atom. The highest BCUT2D eigenvalue weighted by Crippen LogP contribution is 2.48. The monoisotopic (exact) mass is 474 g/mol. The average molecular weight is 475 g/mol. The minimum Gasteiger partial charge on any atom is -0.399 e. The molecule has 160 valence electrons. The van der Waals surface area contributed by atoms with E-state index in [2.05, 4.69) is 9.97 Å². The maximum absolute atomic E-state index is 6.61. The summed E-state index contributed by atoms with van der Waals surface area (Å²) >= 11 is 14.6. The van der Waals surface area contributed by atoms with Crippen molar-refractivity contribution < 1.29 is 9.47 Å². The molecule has 3 aromatic heterocycles. The number of nitrogens with zero attached hydrogens (tertiary/aromatic N) is 2. The van der Waals surface area contributed by atoms with Gasteiger partial charge in [0.15, 0.2) is 0 Å². The molecule has 9 heteroatoms. The summed E-state index contributed by atoms with van der Waals surface area (Å²) in [5, 5.41) is 2.99. The standard InChI is InChI=1S/C22H20Cl2N4O2S/c1-29-11-30-22(5-2-6-22)21-27-10-18(31-21)19-14-8-17(28-20(14)26-9-16(19)24)13-4-3-12(25)7-15(13)23/h3-4,7-10H,2,5-6,11,25H2,1H3,(H,26,28). The minimum absolute atomic E-state index is 0.249. The van der Waals surface area contributed by atoms with Gasteiger partial charge in [-0.05, 0) is 43.5 Å². The highest BCUT2D eigenvalue weighted by atomic mass is 35.5. The molecule has 0 bridgehead atoms. The fourth-order valence-electron chi connectivity index (χ4n) is 3.89. The SMILES string of the molecule is COCOC1(c2ncc(-c3c(Cl)cnc4[nH]c(-c5ccc(N)cc5Cl)cc34)s2)CCC1. The number of methoxy groups -OCH3 is 1. The van der Waals surface area contributed by atoms with Crippen LogP contribution < -0.4 is 5.73 Å². The number of hydrogen-bond donors (Lipinski definition) is 2. The molecule has 6 nitrogen and oxygen atoms in total. The summed E-state index contributed by atoms with van der Waals surface area (Å²) < 4.78 is 11.1. The number of aromatic amines is 1. The number of nitrogen functional groups attached to an aromatic ring is 1. The molecule has 1 aromatic carbocycles. The molecule has 0 saturated heterocycles. The lowest BCUT2D eigenvalue weighted by Crippen LogP contribution is -2.37. The third-order valence-corrected chi connectivity index (χ3v) is 7.45. The zero-order chi connectivity index (χ0) is 21.6. The highest BCUT2D eigenvalue weighted by Gasteiger charge is 2.42. The molecule has 0 aliphatic heterocycles. The number of fused-ring (bicyclic) bond motifs is 1. The second-order valence-electron chi connectivity index (χ2n) is 7.59. The number of nitrogens with one attached hydrogen (secondary N) is 1. The van der Waals surface area contributed by atoms with Crippen molar-refractivity contribution in [3.8, 4) is 21.7 Å². The Kier molecular flexibility index (Phi) is 5.40. The van der Waals surface area contributed by atoms with Crippen LogP contribution in [-0.4, -0.2) is 28.9 Å². The van der Waals surface area contributed by atoms with Gasteiger partial charge in [-0.1, -0.05) is 23.2 Å². The summed E-state index contributed by atoms with van der Waals surface area (Å²) in [5.74, 6) is 0. The number of ether oxygens (including phenoxy) is 2. The molecule has 3 N–H and O–H groups in total. The first-order valence-corrected chi connectivity index (χ1v) is 11.4. The van der Waals surface area contributed by atoms with Gasteiger partial charge in [0.1, 0.15) is 23.0 Å². The van der Waals surface area contributed by atoms with Gasteiger partial charge >= 0.3 is 0 Å². The molecule has 0 unspecified atom stereocenters. The van der Waals surface area contributed by atoms with Crippen LogP contribution in [0.5, 0.6) is 0 Å². The average Bonchev–Trinajstić information content (AvgIpc) is 3.35. The number of hydrogen-bond acceptors (Lipinski definition) is 6. The Morgan fingerprint density at radius 1 is 1.16 bits per heavy atom. The largest absolute Gasteiger partial charge is 0.399 e. The van der Waals surface area contributed by atoms with Crippen LogP contribution in [0.2, 0.25) is 10.0 Å². The van der Waals surface area contributed by atoms with Crippen molar-refractivity contribution in [2.45, 2.75) is 24.9 Å². The number of H-pyrrole nitrogens is 1. The summed E-state index contributed by atoms with van der Waals surface area (Å²) in [7, 11) is 1.63. The van der Waals surface area contributed by atoms with Gasteiger partial charge in [0, 0.05) is 47.4 Å². The number of pyridine rings is 1. The molecular weight excluding hydrogens is 455 g/mol. The van der Waals surface area contributed by atoms with E-state index in [1.807, 2.05) is 24.4 Å².